The Hall–Kier alpha value is -3.22. The molecule has 7 nitrogen and oxygen atoms in total. The second-order valence-corrected chi connectivity index (χ2v) is 7.22. The Kier molecular flexibility index (Phi) is 4.07. The highest BCUT2D eigenvalue weighted by Crippen LogP contribution is 2.50. The van der Waals surface area contributed by atoms with E-state index < -0.39 is 0 Å². The zero-order valence-electron chi connectivity index (χ0n) is 15.9. The number of rotatable bonds is 3. The van der Waals surface area contributed by atoms with E-state index >= 15 is 0 Å². The quantitative estimate of drug-likeness (QED) is 0.753. The lowest BCUT2D eigenvalue weighted by Crippen LogP contribution is -2.34. The molecule has 0 bridgehead atoms. The number of nitrogens with two attached hydrogens (primary N) is 1. The molecule has 0 saturated carbocycles. The van der Waals surface area contributed by atoms with Crippen molar-refractivity contribution in [3.63, 3.8) is 0 Å². The van der Waals surface area contributed by atoms with Gasteiger partial charge in [0, 0.05) is 18.4 Å². The van der Waals surface area contributed by atoms with Crippen molar-refractivity contribution < 1.29 is 0 Å². The summed E-state index contributed by atoms with van der Waals surface area (Å²) in [6.07, 6.45) is 9.80. The van der Waals surface area contributed by atoms with E-state index in [9.17, 15) is 0 Å². The molecule has 2 N–H and O–H groups in total. The average molecular weight is 373 g/mol. The molecule has 1 aliphatic heterocycles. The lowest BCUT2D eigenvalue weighted by molar-refractivity contribution is 0.642. The van der Waals surface area contributed by atoms with Gasteiger partial charge < -0.3 is 15.5 Å². The van der Waals surface area contributed by atoms with Crippen LogP contribution in [-0.2, 0) is 12.8 Å². The molecule has 0 amide bonds. The summed E-state index contributed by atoms with van der Waals surface area (Å²) in [5, 5.41) is 0. The zero-order valence-corrected chi connectivity index (χ0v) is 15.9. The highest BCUT2D eigenvalue weighted by atomic mass is 15.5. The molecule has 1 aliphatic carbocycles. The third-order valence-corrected chi connectivity index (χ3v) is 5.68. The van der Waals surface area contributed by atoms with Crippen LogP contribution in [0.15, 0.2) is 43.0 Å². The van der Waals surface area contributed by atoms with Gasteiger partial charge in [-0.1, -0.05) is 12.1 Å². The van der Waals surface area contributed by atoms with Gasteiger partial charge in [-0.25, -0.2) is 19.9 Å². The summed E-state index contributed by atoms with van der Waals surface area (Å²) in [7, 11) is 0. The van der Waals surface area contributed by atoms with Crippen LogP contribution in [0.4, 0.5) is 23.1 Å². The van der Waals surface area contributed by atoms with E-state index in [1.54, 1.807) is 12.5 Å². The predicted molar refractivity (Wildman–Crippen MR) is 109 cm³/mol. The lowest BCUT2D eigenvalue weighted by Gasteiger charge is -2.34. The fourth-order valence-corrected chi connectivity index (χ4v) is 4.49. The zero-order chi connectivity index (χ0) is 19.1. The topological polar surface area (TPSA) is 84.1 Å². The molecule has 28 heavy (non-hydrogen) atoms. The molecule has 3 heterocycles. The first-order chi connectivity index (χ1) is 13.8. The second-order valence-electron chi connectivity index (χ2n) is 7.22. The van der Waals surface area contributed by atoms with E-state index in [2.05, 4.69) is 54.9 Å². The van der Waals surface area contributed by atoms with Crippen LogP contribution in [0.2, 0.25) is 0 Å². The van der Waals surface area contributed by atoms with Crippen LogP contribution < -0.4 is 15.5 Å². The SMILES string of the molecule is CCN1c2ncncc2N(c2cccc3c2CCCC3)C1c1ccnc(N)n1. The fourth-order valence-electron chi connectivity index (χ4n) is 4.49. The minimum Gasteiger partial charge on any atom is -0.368 e. The Morgan fingerprint density at radius 2 is 2.00 bits per heavy atom. The maximum Gasteiger partial charge on any atom is 0.220 e. The van der Waals surface area contributed by atoms with E-state index in [1.807, 2.05) is 12.3 Å². The second kappa shape index (κ2) is 6.74. The van der Waals surface area contributed by atoms with Crippen LogP contribution in [0, 0.1) is 0 Å². The van der Waals surface area contributed by atoms with Crippen LogP contribution in [0.5, 0.6) is 0 Å². The minimum atomic E-state index is -0.129. The van der Waals surface area contributed by atoms with Gasteiger partial charge in [-0.05, 0) is 55.9 Å². The van der Waals surface area contributed by atoms with Gasteiger partial charge >= 0.3 is 0 Å². The molecule has 0 radical (unpaired) electrons. The molecule has 2 aliphatic rings. The number of aryl methyl sites for hydroxylation is 1. The molecule has 1 aromatic carbocycles. The van der Waals surface area contributed by atoms with E-state index in [4.69, 9.17) is 5.73 Å². The number of anilines is 4. The third-order valence-electron chi connectivity index (χ3n) is 5.68. The standard InChI is InChI=1S/C21H23N7/c1-2-27-19-18(12-23-13-25-19)28(20(27)16-10-11-24-21(22)26-16)17-9-5-7-14-6-3-4-8-15(14)17/h5,7,9-13,20H,2-4,6,8H2,1H3,(H2,22,24,26). The molecule has 0 saturated heterocycles. The van der Waals surface area contributed by atoms with Crippen LogP contribution in [-0.4, -0.2) is 26.5 Å². The number of hydrogen-bond acceptors (Lipinski definition) is 7. The molecule has 1 atom stereocenters. The van der Waals surface area contributed by atoms with Crippen molar-refractivity contribution in [2.75, 3.05) is 22.1 Å². The summed E-state index contributed by atoms with van der Waals surface area (Å²) < 4.78 is 0. The molecule has 142 valence electrons. The van der Waals surface area contributed by atoms with Gasteiger partial charge in [-0.15, -0.1) is 0 Å². The molecule has 0 fully saturated rings. The smallest absolute Gasteiger partial charge is 0.220 e. The molecule has 3 aromatic rings. The number of hydrogen-bond donors (Lipinski definition) is 1. The van der Waals surface area contributed by atoms with Crippen LogP contribution >= 0.6 is 0 Å². The number of fused-ring (bicyclic) bond motifs is 2. The van der Waals surface area contributed by atoms with Gasteiger partial charge in [-0.3, -0.25) is 0 Å². The molecule has 5 rings (SSSR count). The molecule has 7 heteroatoms. The molecule has 2 aromatic heterocycles. The fraction of sp³-hybridized carbons (Fsp3) is 0.333. The third kappa shape index (κ3) is 2.58. The molecular formula is C21H23N7. The Labute approximate surface area is 164 Å². The van der Waals surface area contributed by atoms with Gasteiger partial charge in [0.05, 0.1) is 11.9 Å². The molecular weight excluding hydrogens is 350 g/mol. The molecule has 1 unspecified atom stereocenters. The summed E-state index contributed by atoms with van der Waals surface area (Å²) in [6.45, 7) is 2.93. The summed E-state index contributed by atoms with van der Waals surface area (Å²) in [4.78, 5) is 22.1. The maximum absolute atomic E-state index is 5.93. The van der Waals surface area contributed by atoms with Gasteiger partial charge in [0.15, 0.2) is 12.0 Å². The summed E-state index contributed by atoms with van der Waals surface area (Å²) in [5.41, 5.74) is 11.9. The lowest BCUT2D eigenvalue weighted by atomic mass is 9.90. The van der Waals surface area contributed by atoms with Crippen molar-refractivity contribution in [3.8, 4) is 0 Å². The van der Waals surface area contributed by atoms with Gasteiger partial charge in [0.2, 0.25) is 5.95 Å². The summed E-state index contributed by atoms with van der Waals surface area (Å²) in [6, 6.07) is 8.55. The van der Waals surface area contributed by atoms with Crippen LogP contribution in [0.1, 0.15) is 42.8 Å². The highest BCUT2D eigenvalue weighted by molar-refractivity contribution is 5.82. The molecule has 0 spiro atoms. The van der Waals surface area contributed by atoms with Gasteiger partial charge in [0.1, 0.15) is 12.0 Å². The number of nitrogens with zero attached hydrogens (tertiary/aromatic N) is 6. The monoisotopic (exact) mass is 373 g/mol. The first kappa shape index (κ1) is 16.9. The summed E-state index contributed by atoms with van der Waals surface area (Å²) in [5.74, 6) is 1.21. The van der Waals surface area contributed by atoms with Crippen molar-refractivity contribution >= 4 is 23.1 Å². The number of aromatic nitrogens is 4. The number of nitrogen functional groups attached to an aromatic ring is 1. The van der Waals surface area contributed by atoms with E-state index in [0.717, 1.165) is 36.6 Å². The normalized spacial score (nSPS) is 18.1. The Morgan fingerprint density at radius 1 is 1.11 bits per heavy atom. The van der Waals surface area contributed by atoms with Crippen LogP contribution in [0.25, 0.3) is 0 Å². The van der Waals surface area contributed by atoms with Gasteiger partial charge in [0.25, 0.3) is 0 Å². The van der Waals surface area contributed by atoms with Gasteiger partial charge in [-0.2, -0.15) is 0 Å². The van der Waals surface area contributed by atoms with Crippen molar-refractivity contribution in [3.05, 3.63) is 59.8 Å². The largest absolute Gasteiger partial charge is 0.368 e. The summed E-state index contributed by atoms with van der Waals surface area (Å²) >= 11 is 0. The Bertz CT molecular complexity index is 1020. The van der Waals surface area contributed by atoms with Crippen LogP contribution in [0.3, 0.4) is 0 Å². The average Bonchev–Trinajstić information content (AvgIpc) is 3.07. The minimum absolute atomic E-state index is 0.129. The Balaban J connectivity index is 1.73. The van der Waals surface area contributed by atoms with E-state index in [0.29, 0.717) is 0 Å². The van der Waals surface area contributed by atoms with E-state index in [-0.39, 0.29) is 12.1 Å². The Morgan fingerprint density at radius 3 is 2.86 bits per heavy atom. The van der Waals surface area contributed by atoms with Crippen molar-refractivity contribution in [1.29, 1.82) is 0 Å². The maximum atomic E-state index is 5.93. The van der Waals surface area contributed by atoms with Crippen molar-refractivity contribution in [2.45, 2.75) is 38.8 Å². The number of benzene rings is 1. The first-order valence-electron chi connectivity index (χ1n) is 9.83. The highest BCUT2D eigenvalue weighted by Gasteiger charge is 2.40. The first-order valence-corrected chi connectivity index (χ1v) is 9.83. The van der Waals surface area contributed by atoms with Crippen molar-refractivity contribution in [2.24, 2.45) is 0 Å². The van der Waals surface area contributed by atoms with E-state index in [1.165, 1.54) is 29.7 Å². The van der Waals surface area contributed by atoms with Crippen molar-refractivity contribution in [1.82, 2.24) is 19.9 Å². The predicted octanol–water partition coefficient (Wildman–Crippen LogP) is 3.40.